The number of benzene rings is 1. The molecule has 0 spiro atoms. The number of aryl methyl sites for hydroxylation is 2. The molecule has 0 bridgehead atoms. The first-order chi connectivity index (χ1) is 7.72. The van der Waals surface area contributed by atoms with E-state index in [9.17, 15) is 0 Å². The summed E-state index contributed by atoms with van der Waals surface area (Å²) in [6, 6.07) is 4.75. The molecule has 0 aromatic heterocycles. The molecule has 0 amide bonds. The highest BCUT2D eigenvalue weighted by molar-refractivity contribution is 7.98. The van der Waals surface area contributed by atoms with Crippen molar-refractivity contribution in [3.8, 4) is 0 Å². The van der Waals surface area contributed by atoms with E-state index in [1.165, 1.54) is 35.4 Å². The van der Waals surface area contributed by atoms with E-state index in [1.807, 2.05) is 11.8 Å². The van der Waals surface area contributed by atoms with E-state index >= 15 is 0 Å². The van der Waals surface area contributed by atoms with Crippen molar-refractivity contribution in [1.29, 1.82) is 0 Å². The Morgan fingerprint density at radius 1 is 1.25 bits per heavy atom. The standard InChI is InChI=1S/C14H21NS/c1-10-7-13(12-5-4-6-15-9-12)14(16-3)8-11(10)2/h7-8,12,15H,4-6,9H2,1-3H3. The van der Waals surface area contributed by atoms with E-state index in [0.717, 1.165) is 12.5 Å². The SMILES string of the molecule is CSc1cc(C)c(C)cc1C1CCCNC1. The molecule has 1 atom stereocenters. The molecule has 1 aliphatic heterocycles. The molecule has 2 heteroatoms. The van der Waals surface area contributed by atoms with Crippen molar-refractivity contribution < 1.29 is 0 Å². The Balaban J connectivity index is 2.33. The normalized spacial score (nSPS) is 21.1. The van der Waals surface area contributed by atoms with Crippen LogP contribution in [0.5, 0.6) is 0 Å². The topological polar surface area (TPSA) is 12.0 Å². The lowest BCUT2D eigenvalue weighted by Gasteiger charge is -2.25. The van der Waals surface area contributed by atoms with Crippen molar-refractivity contribution in [3.63, 3.8) is 0 Å². The van der Waals surface area contributed by atoms with Gasteiger partial charge in [-0.15, -0.1) is 11.8 Å². The van der Waals surface area contributed by atoms with Crippen LogP contribution in [-0.2, 0) is 0 Å². The Bertz CT molecular complexity index is 367. The first-order valence-electron chi connectivity index (χ1n) is 6.08. The molecule has 1 aromatic carbocycles. The van der Waals surface area contributed by atoms with Gasteiger partial charge in [-0.25, -0.2) is 0 Å². The maximum atomic E-state index is 3.51. The Morgan fingerprint density at radius 2 is 2.00 bits per heavy atom. The van der Waals surface area contributed by atoms with Gasteiger partial charge in [-0.1, -0.05) is 6.07 Å². The van der Waals surface area contributed by atoms with Crippen LogP contribution in [-0.4, -0.2) is 19.3 Å². The molecule has 1 aliphatic rings. The minimum absolute atomic E-state index is 0.718. The van der Waals surface area contributed by atoms with Crippen LogP contribution in [0.2, 0.25) is 0 Å². The fourth-order valence-corrected chi connectivity index (χ4v) is 3.18. The molecular weight excluding hydrogens is 214 g/mol. The molecular formula is C14H21NS. The van der Waals surface area contributed by atoms with E-state index in [4.69, 9.17) is 0 Å². The van der Waals surface area contributed by atoms with Crippen molar-refractivity contribution in [1.82, 2.24) is 5.32 Å². The van der Waals surface area contributed by atoms with Gasteiger partial charge in [0.1, 0.15) is 0 Å². The van der Waals surface area contributed by atoms with E-state index in [-0.39, 0.29) is 0 Å². The summed E-state index contributed by atoms with van der Waals surface area (Å²) in [5.41, 5.74) is 4.40. The minimum atomic E-state index is 0.718. The lowest BCUT2D eigenvalue weighted by molar-refractivity contribution is 0.457. The molecule has 1 saturated heterocycles. The molecule has 1 nitrogen and oxygen atoms in total. The first kappa shape index (κ1) is 12.0. The van der Waals surface area contributed by atoms with Crippen molar-refractivity contribution in [2.24, 2.45) is 0 Å². The van der Waals surface area contributed by atoms with Gasteiger partial charge in [0, 0.05) is 11.4 Å². The van der Waals surface area contributed by atoms with E-state index in [2.05, 4.69) is 37.6 Å². The molecule has 2 rings (SSSR count). The highest BCUT2D eigenvalue weighted by Gasteiger charge is 2.18. The Morgan fingerprint density at radius 3 is 2.62 bits per heavy atom. The van der Waals surface area contributed by atoms with Gasteiger partial charge in [0.15, 0.2) is 0 Å². The largest absolute Gasteiger partial charge is 0.316 e. The predicted molar refractivity (Wildman–Crippen MR) is 72.5 cm³/mol. The Hall–Kier alpha value is -0.470. The molecule has 0 saturated carbocycles. The third-order valence-corrected chi connectivity index (χ3v) is 4.38. The molecule has 16 heavy (non-hydrogen) atoms. The lowest BCUT2D eigenvalue weighted by Crippen LogP contribution is -2.28. The second kappa shape index (κ2) is 5.24. The molecule has 1 aromatic rings. The highest BCUT2D eigenvalue weighted by atomic mass is 32.2. The number of hydrogen-bond acceptors (Lipinski definition) is 2. The summed E-state index contributed by atoms with van der Waals surface area (Å²) in [5.74, 6) is 0.718. The van der Waals surface area contributed by atoms with Crippen LogP contribution >= 0.6 is 11.8 Å². The molecule has 0 radical (unpaired) electrons. The summed E-state index contributed by atoms with van der Waals surface area (Å²) in [6.07, 6.45) is 4.83. The molecule has 1 fully saturated rings. The van der Waals surface area contributed by atoms with Gasteiger partial charge in [0.05, 0.1) is 0 Å². The second-order valence-corrected chi connectivity index (χ2v) is 5.57. The van der Waals surface area contributed by atoms with Gasteiger partial charge in [-0.3, -0.25) is 0 Å². The molecule has 1 heterocycles. The van der Waals surface area contributed by atoms with Gasteiger partial charge in [0.25, 0.3) is 0 Å². The van der Waals surface area contributed by atoms with Crippen LogP contribution < -0.4 is 5.32 Å². The van der Waals surface area contributed by atoms with Crippen LogP contribution in [0.1, 0.15) is 35.4 Å². The molecule has 0 aliphatic carbocycles. The van der Waals surface area contributed by atoms with Gasteiger partial charge >= 0.3 is 0 Å². The first-order valence-corrected chi connectivity index (χ1v) is 7.30. The van der Waals surface area contributed by atoms with Crippen LogP contribution in [0.4, 0.5) is 0 Å². The van der Waals surface area contributed by atoms with Crippen molar-refractivity contribution in [3.05, 3.63) is 28.8 Å². The maximum absolute atomic E-state index is 3.51. The summed E-state index contributed by atoms with van der Waals surface area (Å²) in [5, 5.41) is 3.51. The zero-order chi connectivity index (χ0) is 11.5. The van der Waals surface area contributed by atoms with Crippen molar-refractivity contribution in [2.45, 2.75) is 37.5 Å². The van der Waals surface area contributed by atoms with Gasteiger partial charge in [0.2, 0.25) is 0 Å². The average molecular weight is 235 g/mol. The van der Waals surface area contributed by atoms with E-state index < -0.39 is 0 Å². The number of piperidine rings is 1. The van der Waals surface area contributed by atoms with Crippen LogP contribution in [0.25, 0.3) is 0 Å². The second-order valence-electron chi connectivity index (χ2n) is 4.72. The minimum Gasteiger partial charge on any atom is -0.316 e. The number of rotatable bonds is 2. The smallest absolute Gasteiger partial charge is 0.0107 e. The number of nitrogens with one attached hydrogen (secondary N) is 1. The van der Waals surface area contributed by atoms with Gasteiger partial charge in [-0.2, -0.15) is 0 Å². The van der Waals surface area contributed by atoms with E-state index in [1.54, 1.807) is 5.56 Å². The van der Waals surface area contributed by atoms with Crippen molar-refractivity contribution in [2.75, 3.05) is 19.3 Å². The molecule has 88 valence electrons. The molecule has 1 N–H and O–H groups in total. The quantitative estimate of drug-likeness (QED) is 0.788. The number of thioether (sulfide) groups is 1. The van der Waals surface area contributed by atoms with Crippen LogP contribution in [0.3, 0.4) is 0 Å². The predicted octanol–water partition coefficient (Wildman–Crippen LogP) is 3.49. The zero-order valence-corrected chi connectivity index (χ0v) is 11.3. The summed E-state index contributed by atoms with van der Waals surface area (Å²) >= 11 is 1.88. The van der Waals surface area contributed by atoms with Gasteiger partial charge < -0.3 is 5.32 Å². The monoisotopic (exact) mass is 235 g/mol. The summed E-state index contributed by atoms with van der Waals surface area (Å²) in [4.78, 5) is 1.47. The lowest BCUT2D eigenvalue weighted by atomic mass is 9.90. The summed E-state index contributed by atoms with van der Waals surface area (Å²) in [7, 11) is 0. The molecule has 1 unspecified atom stereocenters. The fraction of sp³-hybridized carbons (Fsp3) is 0.571. The van der Waals surface area contributed by atoms with E-state index in [0.29, 0.717) is 0 Å². The summed E-state index contributed by atoms with van der Waals surface area (Å²) < 4.78 is 0. The van der Waals surface area contributed by atoms with Gasteiger partial charge in [-0.05, 0) is 68.2 Å². The third kappa shape index (κ3) is 2.44. The van der Waals surface area contributed by atoms with Crippen LogP contribution in [0.15, 0.2) is 17.0 Å². The average Bonchev–Trinajstić information content (AvgIpc) is 2.33. The third-order valence-electron chi connectivity index (χ3n) is 3.58. The highest BCUT2D eigenvalue weighted by Crippen LogP contribution is 2.33. The Kier molecular flexibility index (Phi) is 3.93. The van der Waals surface area contributed by atoms with Crippen molar-refractivity contribution >= 4 is 11.8 Å². The fourth-order valence-electron chi connectivity index (χ4n) is 2.43. The van der Waals surface area contributed by atoms with Crippen LogP contribution in [0, 0.1) is 13.8 Å². The number of hydrogen-bond donors (Lipinski definition) is 1. The summed E-state index contributed by atoms with van der Waals surface area (Å²) in [6.45, 7) is 6.77. The Labute approximate surface area is 103 Å². The maximum Gasteiger partial charge on any atom is 0.0107 e. The zero-order valence-electron chi connectivity index (χ0n) is 10.5.